The van der Waals surface area contributed by atoms with Gasteiger partial charge in [0.2, 0.25) is 10.0 Å². The third-order valence-corrected chi connectivity index (χ3v) is 7.81. The summed E-state index contributed by atoms with van der Waals surface area (Å²) in [6, 6.07) is 22.6. The maximum absolute atomic E-state index is 12.7. The first-order valence-electron chi connectivity index (χ1n) is 13.7. The molecular weight excluding hydrogens is 572 g/mol. The first kappa shape index (κ1) is 31.7. The predicted octanol–water partition coefficient (Wildman–Crippen LogP) is 4.10. The molecule has 1 heterocycles. The Morgan fingerprint density at radius 1 is 0.884 bits per heavy atom. The summed E-state index contributed by atoms with van der Waals surface area (Å²) in [6.45, 7) is 1.63. The number of ether oxygens (including phenoxy) is 4. The number of methoxy groups -OCH3 is 2. The van der Waals surface area contributed by atoms with Gasteiger partial charge in [-0.25, -0.2) is 22.9 Å². The number of aromatic nitrogens is 2. The number of benzene rings is 3. The molecule has 0 spiro atoms. The van der Waals surface area contributed by atoms with E-state index in [1.165, 1.54) is 37.2 Å². The lowest BCUT2D eigenvalue weighted by molar-refractivity contribution is 0.112. The Balaban J connectivity index is 1.23. The van der Waals surface area contributed by atoms with Crippen molar-refractivity contribution in [2.45, 2.75) is 24.0 Å². The van der Waals surface area contributed by atoms with E-state index in [1.54, 1.807) is 18.3 Å². The first-order valence-corrected chi connectivity index (χ1v) is 15.2. The summed E-state index contributed by atoms with van der Waals surface area (Å²) in [5, 5.41) is 2.86. The Labute approximate surface area is 251 Å². The summed E-state index contributed by atoms with van der Waals surface area (Å²) in [7, 11) is -0.726. The van der Waals surface area contributed by atoms with Crippen molar-refractivity contribution in [2.24, 2.45) is 0 Å². The first-order chi connectivity index (χ1) is 20.9. The Hall–Kier alpha value is -4.23. The molecule has 0 unspecified atom stereocenters. The van der Waals surface area contributed by atoms with Crippen molar-refractivity contribution < 1.29 is 32.2 Å². The summed E-state index contributed by atoms with van der Waals surface area (Å²) >= 11 is 0. The van der Waals surface area contributed by atoms with Gasteiger partial charge in [-0.3, -0.25) is 4.57 Å². The summed E-state index contributed by atoms with van der Waals surface area (Å²) in [6.07, 6.45) is 3.82. The molecule has 1 amide bonds. The van der Waals surface area contributed by atoms with Gasteiger partial charge in [-0.2, -0.15) is 0 Å². The second-order valence-corrected chi connectivity index (χ2v) is 11.3. The number of para-hydroxylation sites is 1. The van der Waals surface area contributed by atoms with E-state index in [9.17, 15) is 13.2 Å². The predicted molar refractivity (Wildman–Crippen MR) is 162 cm³/mol. The smallest absolute Gasteiger partial charge is 0.326 e. The van der Waals surface area contributed by atoms with Crippen LogP contribution in [0.4, 0.5) is 4.79 Å². The molecule has 0 radical (unpaired) electrons. The van der Waals surface area contributed by atoms with E-state index in [-0.39, 0.29) is 30.7 Å². The Morgan fingerprint density at radius 2 is 1.56 bits per heavy atom. The maximum atomic E-state index is 12.7. The number of imidazole rings is 1. The van der Waals surface area contributed by atoms with Crippen LogP contribution in [0.15, 0.2) is 96.3 Å². The average molecular weight is 609 g/mol. The van der Waals surface area contributed by atoms with Crippen LogP contribution in [0.25, 0.3) is 11.3 Å². The van der Waals surface area contributed by atoms with E-state index in [4.69, 9.17) is 18.9 Å². The van der Waals surface area contributed by atoms with Crippen LogP contribution in [-0.2, 0) is 26.1 Å². The van der Waals surface area contributed by atoms with Crippen LogP contribution < -0.4 is 19.5 Å². The number of hydrogen-bond acceptors (Lipinski definition) is 8. The summed E-state index contributed by atoms with van der Waals surface area (Å²) in [5.74, 6) is 1.44. The van der Waals surface area contributed by atoms with Crippen molar-refractivity contribution in [3.8, 4) is 22.8 Å². The largest absolute Gasteiger partial charge is 0.494 e. The lowest BCUT2D eigenvalue weighted by Gasteiger charge is -2.17. The molecule has 0 aliphatic rings. The highest BCUT2D eigenvalue weighted by atomic mass is 32.2. The third kappa shape index (κ3) is 9.65. The van der Waals surface area contributed by atoms with Gasteiger partial charge >= 0.3 is 6.03 Å². The normalized spacial score (nSPS) is 11.4. The van der Waals surface area contributed by atoms with Gasteiger partial charge in [0.25, 0.3) is 0 Å². The molecule has 0 saturated heterocycles. The second kappa shape index (κ2) is 15.8. The van der Waals surface area contributed by atoms with Gasteiger partial charge in [-0.05, 0) is 60.5 Å². The van der Waals surface area contributed by atoms with E-state index < -0.39 is 16.1 Å². The van der Waals surface area contributed by atoms with Crippen molar-refractivity contribution in [3.63, 3.8) is 0 Å². The van der Waals surface area contributed by atoms with Crippen LogP contribution in [0.2, 0.25) is 0 Å². The standard InChI is InChI=1S/C31H36N4O7S/c1-39-21-26(22-40-2)34-43(37,38)29-15-9-24(10-16-29)20-42-28-13-11-25(12-14-28)30-19-35(23-33-30)31(36)32-17-6-18-41-27-7-4-3-5-8-27/h3-5,7-16,19,23,26,34H,6,17-18,20-22H2,1-2H3,(H,32,36). The van der Waals surface area contributed by atoms with Crippen LogP contribution in [0.1, 0.15) is 12.0 Å². The number of carbonyl (C=O) groups is 1. The molecule has 3 aromatic carbocycles. The fraction of sp³-hybridized carbons (Fsp3) is 0.290. The van der Waals surface area contributed by atoms with Crippen molar-refractivity contribution in [1.82, 2.24) is 19.6 Å². The summed E-state index contributed by atoms with van der Waals surface area (Å²) in [5.41, 5.74) is 2.29. The van der Waals surface area contributed by atoms with Crippen molar-refractivity contribution in [2.75, 3.05) is 40.6 Å². The number of rotatable bonds is 16. The monoisotopic (exact) mass is 608 g/mol. The van der Waals surface area contributed by atoms with E-state index in [0.29, 0.717) is 31.0 Å². The van der Waals surface area contributed by atoms with Crippen molar-refractivity contribution >= 4 is 16.1 Å². The number of amides is 1. The number of carbonyl (C=O) groups excluding carboxylic acids is 1. The molecule has 4 aromatic rings. The van der Waals surface area contributed by atoms with Gasteiger partial charge in [0.05, 0.1) is 36.5 Å². The minimum atomic E-state index is -3.73. The zero-order valence-corrected chi connectivity index (χ0v) is 25.0. The SMILES string of the molecule is COCC(COC)NS(=O)(=O)c1ccc(COc2ccc(-c3cn(C(=O)NCCCOc4ccccc4)cn3)cc2)cc1. The summed E-state index contributed by atoms with van der Waals surface area (Å²) in [4.78, 5) is 17.0. The minimum absolute atomic E-state index is 0.142. The Kier molecular flexibility index (Phi) is 11.7. The Morgan fingerprint density at radius 3 is 2.23 bits per heavy atom. The molecule has 228 valence electrons. The van der Waals surface area contributed by atoms with Gasteiger partial charge in [0.1, 0.15) is 24.4 Å². The average Bonchev–Trinajstić information content (AvgIpc) is 3.52. The third-order valence-electron chi connectivity index (χ3n) is 6.27. The number of nitrogens with one attached hydrogen (secondary N) is 2. The lowest BCUT2D eigenvalue weighted by Crippen LogP contribution is -2.41. The van der Waals surface area contributed by atoms with Crippen LogP contribution in [0.5, 0.6) is 11.5 Å². The number of nitrogens with zero attached hydrogens (tertiary/aromatic N) is 2. The minimum Gasteiger partial charge on any atom is -0.494 e. The molecule has 0 atom stereocenters. The van der Waals surface area contributed by atoms with E-state index in [0.717, 1.165) is 16.9 Å². The van der Waals surface area contributed by atoms with Crippen LogP contribution in [0.3, 0.4) is 0 Å². The second-order valence-electron chi connectivity index (χ2n) is 9.60. The van der Waals surface area contributed by atoms with Crippen molar-refractivity contribution in [1.29, 1.82) is 0 Å². The fourth-order valence-corrected chi connectivity index (χ4v) is 5.31. The van der Waals surface area contributed by atoms with Gasteiger partial charge in [0.15, 0.2) is 0 Å². The molecule has 1 aromatic heterocycles. The highest BCUT2D eigenvalue weighted by molar-refractivity contribution is 7.89. The van der Waals surface area contributed by atoms with Gasteiger partial charge < -0.3 is 24.3 Å². The molecule has 0 bridgehead atoms. The molecule has 0 saturated carbocycles. The maximum Gasteiger partial charge on any atom is 0.326 e. The van der Waals surface area contributed by atoms with E-state index in [1.807, 2.05) is 54.6 Å². The quantitative estimate of drug-likeness (QED) is 0.182. The number of sulfonamides is 1. The molecule has 0 fully saturated rings. The van der Waals surface area contributed by atoms with Crippen LogP contribution in [-0.4, -0.2) is 70.6 Å². The molecule has 43 heavy (non-hydrogen) atoms. The molecule has 12 heteroatoms. The summed E-state index contributed by atoms with van der Waals surface area (Å²) < 4.78 is 51.0. The molecule has 11 nitrogen and oxygen atoms in total. The zero-order chi connectivity index (χ0) is 30.5. The zero-order valence-electron chi connectivity index (χ0n) is 24.1. The highest BCUT2D eigenvalue weighted by Crippen LogP contribution is 2.22. The molecule has 0 aliphatic heterocycles. The highest BCUT2D eigenvalue weighted by Gasteiger charge is 2.20. The number of hydrogen-bond donors (Lipinski definition) is 2. The van der Waals surface area contributed by atoms with E-state index >= 15 is 0 Å². The van der Waals surface area contributed by atoms with Gasteiger partial charge in [-0.1, -0.05) is 30.3 Å². The van der Waals surface area contributed by atoms with Crippen LogP contribution >= 0.6 is 0 Å². The van der Waals surface area contributed by atoms with Gasteiger partial charge in [0, 0.05) is 32.5 Å². The molecule has 4 rings (SSSR count). The van der Waals surface area contributed by atoms with E-state index in [2.05, 4.69) is 15.0 Å². The van der Waals surface area contributed by atoms with Crippen molar-refractivity contribution in [3.05, 3.63) is 97.0 Å². The molecule has 0 aliphatic carbocycles. The molecule has 2 N–H and O–H groups in total. The Bertz CT molecular complexity index is 1520. The topological polar surface area (TPSA) is 130 Å². The fourth-order valence-electron chi connectivity index (χ4n) is 4.11. The molecular formula is C31H36N4O7S. The van der Waals surface area contributed by atoms with Gasteiger partial charge in [-0.15, -0.1) is 0 Å². The van der Waals surface area contributed by atoms with Crippen LogP contribution in [0, 0.1) is 0 Å². The lowest BCUT2D eigenvalue weighted by atomic mass is 10.1.